The fourth-order valence-electron chi connectivity index (χ4n) is 1.84. The van der Waals surface area contributed by atoms with Crippen molar-refractivity contribution in [3.63, 3.8) is 0 Å². The molecular weight excluding hydrogens is 363 g/mol. The zero-order chi connectivity index (χ0) is 18.9. The van der Waals surface area contributed by atoms with Crippen molar-refractivity contribution in [2.45, 2.75) is 6.42 Å². The van der Waals surface area contributed by atoms with Gasteiger partial charge < -0.3 is 15.4 Å². The van der Waals surface area contributed by atoms with E-state index in [0.29, 0.717) is 17.7 Å². The quantitative estimate of drug-likeness (QED) is 0.733. The Kier molecular flexibility index (Phi) is 7.04. The molecule has 0 saturated heterocycles. The first-order valence-electron chi connectivity index (χ1n) is 7.56. The zero-order valence-electron chi connectivity index (χ0n) is 13.7. The predicted molar refractivity (Wildman–Crippen MR) is 93.2 cm³/mol. The number of carbonyl (C=O) groups is 2. The Labute approximate surface area is 154 Å². The van der Waals surface area contributed by atoms with E-state index < -0.39 is 11.7 Å². The highest BCUT2D eigenvalue weighted by Crippen LogP contribution is 2.20. The lowest BCUT2D eigenvalue weighted by Crippen LogP contribution is -2.31. The van der Waals surface area contributed by atoms with Gasteiger partial charge in [0.15, 0.2) is 6.61 Å². The summed E-state index contributed by atoms with van der Waals surface area (Å²) in [5, 5.41) is 12.4. The van der Waals surface area contributed by atoms with Crippen LogP contribution >= 0.6 is 11.6 Å². The second-order valence-corrected chi connectivity index (χ2v) is 5.56. The lowest BCUT2D eigenvalue weighted by Gasteiger charge is -2.10. The minimum atomic E-state index is -0.624. The Hall–Kier alpha value is -3.00. The summed E-state index contributed by atoms with van der Waals surface area (Å²) in [6, 6.07) is 5.43. The maximum absolute atomic E-state index is 13.3. The van der Waals surface area contributed by atoms with Crippen molar-refractivity contribution in [3.8, 4) is 5.75 Å². The lowest BCUT2D eigenvalue weighted by molar-refractivity contribution is -0.123. The fraction of sp³-hybridized carbons (Fsp3) is 0.176. The van der Waals surface area contributed by atoms with Crippen molar-refractivity contribution in [1.29, 1.82) is 0 Å². The minimum Gasteiger partial charge on any atom is -0.484 e. The second kappa shape index (κ2) is 9.47. The molecule has 0 aliphatic heterocycles. The van der Waals surface area contributed by atoms with Crippen LogP contribution in [-0.4, -0.2) is 35.2 Å². The van der Waals surface area contributed by atoms with E-state index >= 15 is 0 Å². The van der Waals surface area contributed by atoms with Crippen LogP contribution in [-0.2, 0) is 4.79 Å². The topological polar surface area (TPSA) is 93.2 Å². The van der Waals surface area contributed by atoms with Gasteiger partial charge in [0.05, 0.1) is 23.0 Å². The molecule has 1 heterocycles. The summed E-state index contributed by atoms with van der Waals surface area (Å²) >= 11 is 5.56. The molecule has 26 heavy (non-hydrogen) atoms. The molecule has 0 aliphatic carbocycles. The zero-order valence-corrected chi connectivity index (χ0v) is 14.4. The molecule has 1 aromatic carbocycles. The predicted octanol–water partition coefficient (Wildman–Crippen LogP) is 2.10. The Bertz CT molecular complexity index is 802. The standard InChI is InChI=1S/C17H16ClFN4O3/c1-11(23-17(25)12-5-7-21-22-9-12)4-6-20-16(24)10-26-13-2-3-14(18)15(19)8-13/h2-3,5,7-9H,1,4,6,10H2,(H,20,24)(H,23,25). The smallest absolute Gasteiger partial charge is 0.257 e. The third kappa shape index (κ3) is 6.14. The number of benzene rings is 1. The first-order chi connectivity index (χ1) is 12.5. The van der Waals surface area contributed by atoms with Gasteiger partial charge in [-0.25, -0.2) is 4.39 Å². The summed E-state index contributed by atoms with van der Waals surface area (Å²) < 4.78 is 18.4. The fourth-order valence-corrected chi connectivity index (χ4v) is 1.96. The summed E-state index contributed by atoms with van der Waals surface area (Å²) in [6.07, 6.45) is 3.08. The Morgan fingerprint density at radius 3 is 2.77 bits per heavy atom. The monoisotopic (exact) mass is 378 g/mol. The van der Waals surface area contributed by atoms with Gasteiger partial charge in [-0.2, -0.15) is 10.2 Å². The van der Waals surface area contributed by atoms with Gasteiger partial charge in [0, 0.05) is 24.7 Å². The number of rotatable bonds is 8. The lowest BCUT2D eigenvalue weighted by atomic mass is 10.2. The molecule has 0 atom stereocenters. The van der Waals surface area contributed by atoms with E-state index in [0.717, 1.165) is 6.07 Å². The van der Waals surface area contributed by atoms with Crippen LogP contribution in [0, 0.1) is 5.82 Å². The van der Waals surface area contributed by atoms with Crippen molar-refractivity contribution in [2.75, 3.05) is 13.2 Å². The SMILES string of the molecule is C=C(CCNC(=O)COc1ccc(Cl)c(F)c1)NC(=O)c1ccnnc1. The largest absolute Gasteiger partial charge is 0.484 e. The maximum atomic E-state index is 13.3. The first-order valence-corrected chi connectivity index (χ1v) is 7.94. The van der Waals surface area contributed by atoms with E-state index in [1.165, 1.54) is 30.6 Å². The molecule has 2 N–H and O–H groups in total. The number of nitrogens with one attached hydrogen (secondary N) is 2. The summed E-state index contributed by atoms with van der Waals surface area (Å²) in [5.41, 5.74) is 0.793. The number of hydrogen-bond acceptors (Lipinski definition) is 5. The van der Waals surface area contributed by atoms with E-state index in [9.17, 15) is 14.0 Å². The maximum Gasteiger partial charge on any atom is 0.257 e. The van der Waals surface area contributed by atoms with E-state index in [4.69, 9.17) is 16.3 Å². The molecule has 0 bridgehead atoms. The molecule has 7 nitrogen and oxygen atoms in total. The molecule has 9 heteroatoms. The average molecular weight is 379 g/mol. The molecule has 1 aromatic heterocycles. The van der Waals surface area contributed by atoms with Crippen LogP contribution in [0.4, 0.5) is 4.39 Å². The van der Waals surface area contributed by atoms with E-state index in [2.05, 4.69) is 27.4 Å². The van der Waals surface area contributed by atoms with Crippen LogP contribution in [0.1, 0.15) is 16.8 Å². The first kappa shape index (κ1) is 19.3. The van der Waals surface area contributed by atoms with Crippen LogP contribution in [0.25, 0.3) is 0 Å². The molecule has 136 valence electrons. The van der Waals surface area contributed by atoms with E-state index in [1.807, 2.05) is 0 Å². The Balaban J connectivity index is 1.66. The molecule has 2 aromatic rings. The normalized spacial score (nSPS) is 10.1. The van der Waals surface area contributed by atoms with Crippen LogP contribution in [0.3, 0.4) is 0 Å². The molecule has 0 aliphatic rings. The van der Waals surface area contributed by atoms with Crippen molar-refractivity contribution in [3.05, 3.63) is 65.3 Å². The van der Waals surface area contributed by atoms with Crippen LogP contribution < -0.4 is 15.4 Å². The Morgan fingerprint density at radius 2 is 2.08 bits per heavy atom. The molecule has 2 amide bonds. The van der Waals surface area contributed by atoms with Crippen molar-refractivity contribution in [2.24, 2.45) is 0 Å². The minimum absolute atomic E-state index is 0.0232. The highest BCUT2D eigenvalue weighted by atomic mass is 35.5. The number of amides is 2. The van der Waals surface area contributed by atoms with Gasteiger partial charge in [-0.05, 0) is 18.2 Å². The van der Waals surface area contributed by atoms with Crippen LogP contribution in [0.15, 0.2) is 48.9 Å². The summed E-state index contributed by atoms with van der Waals surface area (Å²) in [4.78, 5) is 23.6. The van der Waals surface area contributed by atoms with Gasteiger partial charge in [-0.15, -0.1) is 0 Å². The third-order valence-corrected chi connectivity index (χ3v) is 3.45. The van der Waals surface area contributed by atoms with Gasteiger partial charge in [-0.1, -0.05) is 18.2 Å². The third-order valence-electron chi connectivity index (χ3n) is 3.15. The number of nitrogens with zero attached hydrogens (tertiary/aromatic N) is 2. The molecule has 2 rings (SSSR count). The van der Waals surface area contributed by atoms with Crippen LogP contribution in [0.2, 0.25) is 5.02 Å². The summed E-state index contributed by atoms with van der Waals surface area (Å²) in [5.74, 6) is -1.17. The van der Waals surface area contributed by atoms with Gasteiger partial charge >= 0.3 is 0 Å². The summed E-state index contributed by atoms with van der Waals surface area (Å²) in [7, 11) is 0. The molecule has 0 saturated carbocycles. The van der Waals surface area contributed by atoms with Gasteiger partial charge in [-0.3, -0.25) is 9.59 Å². The Morgan fingerprint density at radius 1 is 1.27 bits per heavy atom. The van der Waals surface area contributed by atoms with Crippen molar-refractivity contribution < 1.29 is 18.7 Å². The van der Waals surface area contributed by atoms with E-state index in [-0.39, 0.29) is 29.8 Å². The molecule has 0 fully saturated rings. The highest BCUT2D eigenvalue weighted by Gasteiger charge is 2.08. The molecular formula is C17H16ClFN4O3. The number of carbonyl (C=O) groups excluding carboxylic acids is 2. The molecule has 0 radical (unpaired) electrons. The molecule has 0 unspecified atom stereocenters. The number of halogens is 2. The number of aromatic nitrogens is 2. The number of hydrogen-bond donors (Lipinski definition) is 2. The van der Waals surface area contributed by atoms with Crippen molar-refractivity contribution >= 4 is 23.4 Å². The molecule has 0 spiro atoms. The van der Waals surface area contributed by atoms with E-state index in [1.54, 1.807) is 0 Å². The number of ether oxygens (including phenoxy) is 1. The van der Waals surface area contributed by atoms with Crippen molar-refractivity contribution in [1.82, 2.24) is 20.8 Å². The highest BCUT2D eigenvalue weighted by molar-refractivity contribution is 6.30. The van der Waals surface area contributed by atoms with Gasteiger partial charge in [0.1, 0.15) is 11.6 Å². The van der Waals surface area contributed by atoms with Gasteiger partial charge in [0.2, 0.25) is 0 Å². The van der Waals surface area contributed by atoms with Gasteiger partial charge in [0.25, 0.3) is 11.8 Å². The van der Waals surface area contributed by atoms with Crippen LogP contribution in [0.5, 0.6) is 5.75 Å². The second-order valence-electron chi connectivity index (χ2n) is 5.15. The average Bonchev–Trinajstić information content (AvgIpc) is 2.63. The summed E-state index contributed by atoms with van der Waals surface area (Å²) in [6.45, 7) is 3.70.